The van der Waals surface area contributed by atoms with Crippen molar-refractivity contribution in [3.8, 4) is 23.0 Å². The minimum atomic E-state index is -1.72. The third kappa shape index (κ3) is 7.75. The molecule has 202 valence electrons. The Hall–Kier alpha value is -3.53. The summed E-state index contributed by atoms with van der Waals surface area (Å²) in [5.41, 5.74) is 0. The largest absolute Gasteiger partial charge is 0.494 e. The zero-order chi connectivity index (χ0) is 27.5. The van der Waals surface area contributed by atoms with E-state index in [1.165, 1.54) is 0 Å². The second-order valence-electron chi connectivity index (χ2n) is 8.60. The lowest BCUT2D eigenvalue weighted by Crippen LogP contribution is -2.56. The molecule has 5 nitrogen and oxygen atoms in total. The zero-order valence-corrected chi connectivity index (χ0v) is 25.1. The van der Waals surface area contributed by atoms with Crippen LogP contribution in [0.3, 0.4) is 0 Å². The molecule has 0 aliphatic rings. The van der Waals surface area contributed by atoms with Gasteiger partial charge in [0.1, 0.15) is 23.0 Å². The molecule has 0 heterocycles. The Morgan fingerprint density at radius 3 is 0.897 bits per heavy atom. The first kappa shape index (κ1) is 28.5. The summed E-state index contributed by atoms with van der Waals surface area (Å²) in [5.74, 6) is 3.36. The van der Waals surface area contributed by atoms with Gasteiger partial charge in [0.2, 0.25) is 0 Å². The molecular formula is C32H36O5Si2. The van der Waals surface area contributed by atoms with E-state index in [9.17, 15) is 0 Å². The van der Waals surface area contributed by atoms with Crippen molar-refractivity contribution in [1.82, 2.24) is 0 Å². The van der Waals surface area contributed by atoms with Crippen LogP contribution in [0.1, 0.15) is 27.7 Å². The summed E-state index contributed by atoms with van der Waals surface area (Å²) in [6.45, 7) is 10.4. The van der Waals surface area contributed by atoms with Crippen LogP contribution in [-0.2, 0) is 4.12 Å². The molecule has 0 saturated heterocycles. The molecule has 4 aromatic rings. The van der Waals surface area contributed by atoms with Gasteiger partial charge in [-0.15, -0.1) is 0 Å². The van der Waals surface area contributed by atoms with Crippen molar-refractivity contribution in [2.75, 3.05) is 26.4 Å². The van der Waals surface area contributed by atoms with Gasteiger partial charge >= 0.3 is 0 Å². The first-order valence-corrected chi connectivity index (χ1v) is 16.3. The van der Waals surface area contributed by atoms with Gasteiger partial charge in [-0.05, 0) is 97.0 Å². The molecule has 0 aromatic heterocycles. The highest BCUT2D eigenvalue weighted by Gasteiger charge is 2.29. The topological polar surface area (TPSA) is 46.2 Å². The fraction of sp³-hybridized carbons (Fsp3) is 0.250. The predicted octanol–water partition coefficient (Wildman–Crippen LogP) is 4.21. The van der Waals surface area contributed by atoms with Crippen molar-refractivity contribution in [3.63, 3.8) is 0 Å². The Bertz CT molecular complexity index is 1130. The fourth-order valence-corrected chi connectivity index (χ4v) is 9.70. The molecule has 0 aliphatic carbocycles. The number of hydrogen-bond donors (Lipinski definition) is 0. The number of ether oxygens (including phenoxy) is 4. The Morgan fingerprint density at radius 1 is 0.410 bits per heavy atom. The molecule has 0 aliphatic heterocycles. The van der Waals surface area contributed by atoms with Gasteiger partial charge in [-0.2, -0.15) is 0 Å². The van der Waals surface area contributed by atoms with E-state index in [4.69, 9.17) is 23.1 Å². The van der Waals surface area contributed by atoms with Gasteiger partial charge < -0.3 is 23.1 Å². The minimum Gasteiger partial charge on any atom is -0.494 e. The second kappa shape index (κ2) is 14.6. The summed E-state index contributed by atoms with van der Waals surface area (Å²) < 4.78 is 30.8. The van der Waals surface area contributed by atoms with Gasteiger partial charge in [0.25, 0.3) is 18.1 Å². The standard InChI is InChI=1S/C32H36O5Si2/c1-5-33-25-13-9-17-29(21-25)38(30-18-10-14-26(22-30)34-6-2)37-39(31-19-11-15-27(23-31)35-7-3)32-20-12-16-28(24-32)36-8-4/h9-24H,5-8H2,1-4H3. The van der Waals surface area contributed by atoms with Gasteiger partial charge in [-0.3, -0.25) is 0 Å². The fourth-order valence-electron chi connectivity index (χ4n) is 4.25. The molecule has 0 unspecified atom stereocenters. The highest BCUT2D eigenvalue weighted by molar-refractivity contribution is 6.91. The van der Waals surface area contributed by atoms with Gasteiger partial charge in [-0.1, -0.05) is 48.5 Å². The number of rotatable bonds is 14. The predicted molar refractivity (Wildman–Crippen MR) is 162 cm³/mol. The van der Waals surface area contributed by atoms with Gasteiger partial charge in [0.15, 0.2) is 0 Å². The van der Waals surface area contributed by atoms with Crippen molar-refractivity contribution in [1.29, 1.82) is 0 Å². The first-order chi connectivity index (χ1) is 19.1. The summed E-state index contributed by atoms with van der Waals surface area (Å²) in [5, 5.41) is 4.46. The van der Waals surface area contributed by atoms with Gasteiger partial charge in [-0.25, -0.2) is 0 Å². The average molecular weight is 557 g/mol. The molecule has 0 spiro atoms. The molecule has 0 amide bonds. The van der Waals surface area contributed by atoms with Crippen molar-refractivity contribution >= 4 is 38.8 Å². The molecule has 7 heteroatoms. The van der Waals surface area contributed by atoms with Crippen LogP contribution >= 0.6 is 0 Å². The zero-order valence-electron chi connectivity index (χ0n) is 23.1. The summed E-state index contributed by atoms with van der Waals surface area (Å²) in [6, 6.07) is 33.1. The summed E-state index contributed by atoms with van der Waals surface area (Å²) in [7, 11) is -3.44. The van der Waals surface area contributed by atoms with E-state index in [1.54, 1.807) is 0 Å². The van der Waals surface area contributed by atoms with Crippen molar-refractivity contribution in [2.45, 2.75) is 27.7 Å². The number of benzene rings is 4. The van der Waals surface area contributed by atoms with E-state index in [0.29, 0.717) is 26.4 Å². The lowest BCUT2D eigenvalue weighted by atomic mass is 10.3. The molecular weight excluding hydrogens is 521 g/mol. The first-order valence-electron chi connectivity index (χ1n) is 13.5. The highest BCUT2D eigenvalue weighted by atomic mass is 28.4. The Balaban J connectivity index is 1.84. The van der Waals surface area contributed by atoms with Crippen molar-refractivity contribution < 1.29 is 23.1 Å². The van der Waals surface area contributed by atoms with Crippen LogP contribution in [0.25, 0.3) is 0 Å². The van der Waals surface area contributed by atoms with Crippen LogP contribution in [0.15, 0.2) is 97.1 Å². The van der Waals surface area contributed by atoms with Crippen molar-refractivity contribution in [3.05, 3.63) is 97.1 Å². The monoisotopic (exact) mass is 556 g/mol. The maximum atomic E-state index is 7.31. The maximum Gasteiger partial charge on any atom is 0.272 e. The third-order valence-electron chi connectivity index (χ3n) is 5.83. The van der Waals surface area contributed by atoms with Crippen LogP contribution in [0.5, 0.6) is 23.0 Å². The van der Waals surface area contributed by atoms with E-state index in [1.807, 2.05) is 76.2 Å². The normalized spacial score (nSPS) is 11.0. The molecule has 0 bridgehead atoms. The average Bonchev–Trinajstić information content (AvgIpc) is 2.95. The Labute approximate surface area is 235 Å². The Morgan fingerprint density at radius 2 is 0.667 bits per heavy atom. The lowest BCUT2D eigenvalue weighted by molar-refractivity contribution is 0.340. The number of hydrogen-bond acceptors (Lipinski definition) is 5. The molecule has 4 rings (SSSR count). The van der Waals surface area contributed by atoms with E-state index < -0.39 is 18.1 Å². The summed E-state index contributed by atoms with van der Waals surface area (Å²) >= 11 is 0. The van der Waals surface area contributed by atoms with Gasteiger partial charge in [0, 0.05) is 0 Å². The van der Waals surface area contributed by atoms with E-state index in [-0.39, 0.29) is 0 Å². The third-order valence-corrected chi connectivity index (χ3v) is 10.8. The van der Waals surface area contributed by atoms with Crippen LogP contribution < -0.4 is 39.7 Å². The van der Waals surface area contributed by atoms with Crippen LogP contribution in [-0.4, -0.2) is 44.5 Å². The van der Waals surface area contributed by atoms with Crippen LogP contribution in [0, 0.1) is 0 Å². The summed E-state index contributed by atoms with van der Waals surface area (Å²) in [4.78, 5) is 0. The van der Waals surface area contributed by atoms with Crippen LogP contribution in [0.2, 0.25) is 0 Å². The molecule has 0 N–H and O–H groups in total. The lowest BCUT2D eigenvalue weighted by Gasteiger charge is -2.25. The van der Waals surface area contributed by atoms with E-state index in [0.717, 1.165) is 43.7 Å². The summed E-state index contributed by atoms with van der Waals surface area (Å²) in [6.07, 6.45) is 0. The van der Waals surface area contributed by atoms with Crippen molar-refractivity contribution in [2.24, 2.45) is 0 Å². The van der Waals surface area contributed by atoms with E-state index >= 15 is 0 Å². The van der Waals surface area contributed by atoms with Crippen LogP contribution in [0.4, 0.5) is 0 Å². The SMILES string of the molecule is CCOc1cccc([Si](O[Si](c2cccc(OCC)c2)c2cccc(OCC)c2)c2cccc(OCC)c2)c1. The smallest absolute Gasteiger partial charge is 0.272 e. The molecule has 2 radical (unpaired) electrons. The van der Waals surface area contributed by atoms with Gasteiger partial charge in [0.05, 0.1) is 26.4 Å². The molecule has 0 atom stereocenters. The molecule has 0 fully saturated rings. The Kier molecular flexibility index (Phi) is 10.6. The van der Waals surface area contributed by atoms with E-state index in [2.05, 4.69) is 48.5 Å². The molecule has 4 aromatic carbocycles. The molecule has 0 saturated carbocycles. The maximum absolute atomic E-state index is 7.31. The minimum absolute atomic E-state index is 0.607. The highest BCUT2D eigenvalue weighted by Crippen LogP contribution is 2.15. The quantitative estimate of drug-likeness (QED) is 0.218. The second-order valence-corrected chi connectivity index (χ2v) is 13.0. The molecule has 39 heavy (non-hydrogen) atoms.